The fourth-order valence-electron chi connectivity index (χ4n) is 2.48. The number of methoxy groups -OCH3 is 2. The lowest BCUT2D eigenvalue weighted by atomic mass is 10.1. The average Bonchev–Trinajstić information content (AvgIpc) is 2.72. The Bertz CT molecular complexity index is 883. The van der Waals surface area contributed by atoms with E-state index in [1.807, 2.05) is 0 Å². The molecule has 2 aromatic rings. The van der Waals surface area contributed by atoms with E-state index in [1.54, 1.807) is 49.6 Å². The second-order valence-corrected chi connectivity index (χ2v) is 6.97. The number of benzene rings is 2. The Labute approximate surface area is 173 Å². The van der Waals surface area contributed by atoms with Gasteiger partial charge >= 0.3 is 5.97 Å². The molecule has 29 heavy (non-hydrogen) atoms. The highest BCUT2D eigenvalue weighted by molar-refractivity contribution is 7.99. The molecule has 154 valence electrons. The molecule has 0 aliphatic carbocycles. The third kappa shape index (κ3) is 6.83. The van der Waals surface area contributed by atoms with E-state index in [0.29, 0.717) is 28.5 Å². The lowest BCUT2D eigenvalue weighted by Crippen LogP contribution is -2.21. The Morgan fingerprint density at radius 2 is 1.72 bits per heavy atom. The number of rotatable bonds is 10. The second-order valence-electron chi connectivity index (χ2n) is 5.98. The molecule has 2 aromatic carbocycles. The van der Waals surface area contributed by atoms with Crippen LogP contribution in [-0.4, -0.2) is 44.2 Å². The molecule has 8 heteroatoms. The highest BCUT2D eigenvalue weighted by Gasteiger charge is 2.12. The van der Waals surface area contributed by atoms with Gasteiger partial charge in [-0.1, -0.05) is 12.1 Å². The Morgan fingerprint density at radius 3 is 2.41 bits per heavy atom. The van der Waals surface area contributed by atoms with Crippen LogP contribution >= 0.6 is 11.8 Å². The zero-order valence-corrected chi connectivity index (χ0v) is 17.3. The number of hydrogen-bond donors (Lipinski definition) is 1. The Kier molecular flexibility index (Phi) is 8.54. The molecule has 0 saturated heterocycles. The molecule has 0 aromatic heterocycles. The molecule has 0 aliphatic heterocycles. The van der Waals surface area contributed by atoms with Crippen LogP contribution in [0.15, 0.2) is 42.5 Å². The first-order chi connectivity index (χ1) is 13.9. The summed E-state index contributed by atoms with van der Waals surface area (Å²) in [6, 6.07) is 12.1. The topological polar surface area (TPSA) is 90.9 Å². The molecule has 7 nitrogen and oxygen atoms in total. The summed E-state index contributed by atoms with van der Waals surface area (Å²) in [6.45, 7) is 1.10. The smallest absolute Gasteiger partial charge is 0.316 e. The van der Waals surface area contributed by atoms with Gasteiger partial charge in [0, 0.05) is 16.9 Å². The average molecular weight is 417 g/mol. The number of nitrogens with one attached hydrogen (secondary N) is 1. The zero-order chi connectivity index (χ0) is 21.2. The molecule has 0 atom stereocenters. The van der Waals surface area contributed by atoms with E-state index >= 15 is 0 Å². The minimum Gasteiger partial charge on any atom is -0.496 e. The summed E-state index contributed by atoms with van der Waals surface area (Å²) in [5, 5.41) is 2.63. The summed E-state index contributed by atoms with van der Waals surface area (Å²) < 4.78 is 15.4. The number of ether oxygens (including phenoxy) is 3. The van der Waals surface area contributed by atoms with Crippen molar-refractivity contribution in [3.63, 3.8) is 0 Å². The third-order valence-electron chi connectivity index (χ3n) is 3.91. The maximum Gasteiger partial charge on any atom is 0.316 e. The van der Waals surface area contributed by atoms with Crippen molar-refractivity contribution in [2.45, 2.75) is 12.7 Å². The number of carbonyl (C=O) groups excluding carboxylic acids is 3. The molecule has 0 aliphatic rings. The van der Waals surface area contributed by atoms with Gasteiger partial charge < -0.3 is 19.5 Å². The van der Waals surface area contributed by atoms with Crippen molar-refractivity contribution in [3.05, 3.63) is 53.6 Å². The van der Waals surface area contributed by atoms with E-state index in [4.69, 9.17) is 14.2 Å². The van der Waals surface area contributed by atoms with Crippen LogP contribution in [0.3, 0.4) is 0 Å². The molecule has 0 bridgehead atoms. The van der Waals surface area contributed by atoms with Gasteiger partial charge in [-0.2, -0.15) is 0 Å². The van der Waals surface area contributed by atoms with Gasteiger partial charge in [-0.25, -0.2) is 0 Å². The number of amides is 1. The zero-order valence-electron chi connectivity index (χ0n) is 16.5. The van der Waals surface area contributed by atoms with Crippen LogP contribution in [0.2, 0.25) is 0 Å². The molecule has 0 saturated carbocycles. The number of thioether (sulfide) groups is 1. The highest BCUT2D eigenvalue weighted by atomic mass is 32.2. The van der Waals surface area contributed by atoms with E-state index in [1.165, 1.54) is 25.8 Å². The minimum absolute atomic E-state index is 0.0422. The summed E-state index contributed by atoms with van der Waals surface area (Å²) in [4.78, 5) is 35.4. The van der Waals surface area contributed by atoms with Crippen molar-refractivity contribution < 1.29 is 28.6 Å². The van der Waals surface area contributed by atoms with Crippen molar-refractivity contribution >= 4 is 35.1 Å². The lowest BCUT2D eigenvalue weighted by molar-refractivity contribution is -0.144. The maximum atomic E-state index is 12.0. The predicted molar refractivity (Wildman–Crippen MR) is 112 cm³/mol. The molecule has 0 fully saturated rings. The number of carbonyl (C=O) groups is 3. The van der Waals surface area contributed by atoms with Crippen LogP contribution in [0.25, 0.3) is 0 Å². The molecule has 1 amide bonds. The Balaban J connectivity index is 1.79. The van der Waals surface area contributed by atoms with Crippen LogP contribution in [-0.2, 0) is 20.1 Å². The van der Waals surface area contributed by atoms with E-state index < -0.39 is 11.9 Å². The molecular formula is C21H23NO6S. The van der Waals surface area contributed by atoms with Crippen LogP contribution in [0.5, 0.6) is 11.5 Å². The van der Waals surface area contributed by atoms with Crippen LogP contribution in [0.4, 0.5) is 5.69 Å². The third-order valence-corrected chi connectivity index (χ3v) is 4.86. The fourth-order valence-corrected chi connectivity index (χ4v) is 3.27. The van der Waals surface area contributed by atoms with E-state index in [2.05, 4.69) is 5.32 Å². The summed E-state index contributed by atoms with van der Waals surface area (Å²) >= 11 is 1.31. The quantitative estimate of drug-likeness (QED) is 0.468. The van der Waals surface area contributed by atoms with Gasteiger partial charge in [-0.3, -0.25) is 14.4 Å². The number of anilines is 1. The van der Waals surface area contributed by atoms with Crippen molar-refractivity contribution in [1.29, 1.82) is 0 Å². The van der Waals surface area contributed by atoms with Crippen LogP contribution in [0.1, 0.15) is 22.8 Å². The van der Waals surface area contributed by atoms with Crippen LogP contribution < -0.4 is 14.8 Å². The first-order valence-corrected chi connectivity index (χ1v) is 9.94. The number of ketones is 1. The van der Waals surface area contributed by atoms with Gasteiger partial charge in [-0.15, -0.1) is 11.8 Å². The van der Waals surface area contributed by atoms with Crippen molar-refractivity contribution in [2.24, 2.45) is 0 Å². The molecule has 0 radical (unpaired) electrons. The number of para-hydroxylation sites is 2. The largest absolute Gasteiger partial charge is 0.496 e. The number of Topliss-reactive ketones (excluding diaryl/α,β-unsaturated/α-hetero) is 1. The summed E-state index contributed by atoms with van der Waals surface area (Å²) in [7, 11) is 3.05. The normalized spacial score (nSPS) is 10.2. The Hall–Kier alpha value is -3.00. The molecule has 1 N–H and O–H groups in total. The van der Waals surface area contributed by atoms with Crippen molar-refractivity contribution in [3.8, 4) is 11.5 Å². The molecule has 0 unspecified atom stereocenters. The molecule has 0 spiro atoms. The van der Waals surface area contributed by atoms with Gasteiger partial charge in [0.15, 0.2) is 12.4 Å². The number of hydrogen-bond acceptors (Lipinski definition) is 7. The van der Waals surface area contributed by atoms with Crippen molar-refractivity contribution in [1.82, 2.24) is 0 Å². The van der Waals surface area contributed by atoms with E-state index in [-0.39, 0.29) is 18.1 Å². The monoisotopic (exact) mass is 417 g/mol. The van der Waals surface area contributed by atoms with Gasteiger partial charge in [0.25, 0.3) is 5.91 Å². The van der Waals surface area contributed by atoms with Crippen molar-refractivity contribution in [2.75, 3.05) is 31.9 Å². The lowest BCUT2D eigenvalue weighted by Gasteiger charge is -2.11. The minimum atomic E-state index is -0.508. The summed E-state index contributed by atoms with van der Waals surface area (Å²) in [5.41, 5.74) is 1.90. The first kappa shape index (κ1) is 22.3. The highest BCUT2D eigenvalue weighted by Crippen LogP contribution is 2.25. The molecule has 2 rings (SSSR count). The molecular weight excluding hydrogens is 394 g/mol. The molecule has 0 heterocycles. The predicted octanol–water partition coefficient (Wildman–Crippen LogP) is 3.32. The van der Waals surface area contributed by atoms with Gasteiger partial charge in [-0.05, 0) is 37.3 Å². The summed E-state index contributed by atoms with van der Waals surface area (Å²) in [6.07, 6.45) is 0. The first-order valence-electron chi connectivity index (χ1n) is 8.78. The summed E-state index contributed by atoms with van der Waals surface area (Å²) in [5.74, 6) is 0.689. The fraction of sp³-hybridized carbons (Fsp3) is 0.286. The SMILES string of the molecule is COc1ccc(C(C)=O)cc1CSCC(=O)OCC(=O)Nc1ccccc1OC. The van der Waals surface area contributed by atoms with E-state index in [0.717, 1.165) is 5.56 Å². The number of esters is 1. The van der Waals surface area contributed by atoms with Crippen LogP contribution in [0, 0.1) is 0 Å². The van der Waals surface area contributed by atoms with Gasteiger partial charge in [0.2, 0.25) is 0 Å². The maximum absolute atomic E-state index is 12.0. The standard InChI is InChI=1S/C21H23NO6S/c1-14(23)15-8-9-18(26-2)16(10-15)12-29-13-21(25)28-11-20(24)22-17-6-4-5-7-19(17)27-3/h4-10H,11-13H2,1-3H3,(H,22,24). The van der Waals surface area contributed by atoms with Gasteiger partial charge in [0.1, 0.15) is 11.5 Å². The Morgan fingerprint density at radius 1 is 1.00 bits per heavy atom. The van der Waals surface area contributed by atoms with Gasteiger partial charge in [0.05, 0.1) is 25.7 Å². The van der Waals surface area contributed by atoms with E-state index in [9.17, 15) is 14.4 Å². The second kappa shape index (κ2) is 11.1.